The zero-order valence-corrected chi connectivity index (χ0v) is 32.5. The maximum Gasteiger partial charge on any atom is 0.211 e. The van der Waals surface area contributed by atoms with Crippen molar-refractivity contribution in [3.8, 4) is 36.2 Å². The van der Waals surface area contributed by atoms with E-state index < -0.39 is 5.54 Å². The molecule has 0 radical (unpaired) electrons. The quantitative estimate of drug-likeness (QED) is 0.0434. The molecule has 0 unspecified atom stereocenters. The molecule has 0 aromatic heterocycles. The van der Waals surface area contributed by atoms with Gasteiger partial charge in [0.15, 0.2) is 0 Å². The zero-order chi connectivity index (χ0) is 39.3. The molecule has 4 rings (SSSR count). The van der Waals surface area contributed by atoms with E-state index in [9.17, 15) is 4.79 Å². The van der Waals surface area contributed by atoms with Gasteiger partial charge in [-0.3, -0.25) is 9.69 Å². The van der Waals surface area contributed by atoms with E-state index in [-0.39, 0.29) is 6.54 Å². The molecule has 11 heteroatoms. The van der Waals surface area contributed by atoms with Gasteiger partial charge in [-0.2, -0.15) is 0 Å². The normalized spacial score (nSPS) is 13.1. The highest BCUT2D eigenvalue weighted by molar-refractivity contribution is 5.72. The number of terminal acetylenes is 2. The molecule has 7 N–H and O–H groups in total. The lowest BCUT2D eigenvalue weighted by atomic mass is 9.72. The number of hydrogen-bond donors (Lipinski definition) is 4. The molecule has 0 aliphatic carbocycles. The van der Waals surface area contributed by atoms with Crippen molar-refractivity contribution in [1.82, 2.24) is 20.1 Å². The Kier molecular flexibility index (Phi) is 14.7. The van der Waals surface area contributed by atoms with Crippen molar-refractivity contribution in [2.24, 2.45) is 17.3 Å². The molecule has 11 nitrogen and oxygen atoms in total. The molecule has 1 aliphatic rings. The average molecular weight is 732 g/mol. The maximum absolute atomic E-state index is 13.6. The number of aryl methyl sites for hydroxylation is 1. The molecule has 0 spiro atoms. The fraction of sp³-hybridized carbons (Fsp3) is 0.372. The van der Waals surface area contributed by atoms with Crippen molar-refractivity contribution in [2.75, 3.05) is 75.2 Å². The van der Waals surface area contributed by atoms with Crippen LogP contribution in [0.2, 0.25) is 0 Å². The second kappa shape index (κ2) is 19.4. The number of amides is 1. The lowest BCUT2D eigenvalue weighted by Crippen LogP contribution is -2.50. The molecule has 1 amide bonds. The van der Waals surface area contributed by atoms with E-state index in [1.807, 2.05) is 17.0 Å². The van der Waals surface area contributed by atoms with Gasteiger partial charge in [0.25, 0.3) is 0 Å². The minimum absolute atomic E-state index is 0.124. The van der Waals surface area contributed by atoms with Gasteiger partial charge in [-0.1, -0.05) is 48.2 Å². The number of ether oxygens (including phenoxy) is 1. The Morgan fingerprint density at radius 2 is 1.37 bits per heavy atom. The molecule has 286 valence electrons. The lowest BCUT2D eigenvalue weighted by Gasteiger charge is -2.47. The van der Waals surface area contributed by atoms with E-state index >= 15 is 0 Å². The average Bonchev–Trinajstić information content (AvgIpc) is 3.16. The number of carbonyl (C=O) groups excluding carboxylic acids is 1. The smallest absolute Gasteiger partial charge is 0.211 e. The Bertz CT molecular complexity index is 1790. The topological polar surface area (TPSA) is 133 Å². The van der Waals surface area contributed by atoms with E-state index in [4.69, 9.17) is 34.9 Å². The number of fused-ring (bicyclic) bond motifs is 2. The summed E-state index contributed by atoms with van der Waals surface area (Å²) in [7, 11) is 0. The van der Waals surface area contributed by atoms with Crippen LogP contribution in [-0.2, 0) is 10.3 Å². The molecular formula is C43H57N9O2. The number of carbonyl (C=O) groups is 1. The third-order valence-electron chi connectivity index (χ3n) is 9.80. The summed E-state index contributed by atoms with van der Waals surface area (Å²) in [6, 6.07) is 20.8. The minimum Gasteiger partial charge on any atom is -0.456 e. The molecule has 1 aliphatic heterocycles. The van der Waals surface area contributed by atoms with Crippen LogP contribution < -0.4 is 37.2 Å². The van der Waals surface area contributed by atoms with E-state index in [2.05, 4.69) is 110 Å². The first-order valence-electron chi connectivity index (χ1n) is 18.6. The molecule has 0 saturated heterocycles. The molecular weight excluding hydrogens is 675 g/mol. The highest BCUT2D eigenvalue weighted by Gasteiger charge is 2.49. The van der Waals surface area contributed by atoms with Crippen LogP contribution in [0.15, 0.2) is 84.5 Å². The largest absolute Gasteiger partial charge is 0.456 e. The molecule has 0 bridgehead atoms. The summed E-state index contributed by atoms with van der Waals surface area (Å²) in [5, 5.41) is 4.75. The van der Waals surface area contributed by atoms with E-state index in [1.165, 1.54) is 5.01 Å². The van der Waals surface area contributed by atoms with Gasteiger partial charge in [0.1, 0.15) is 17.0 Å². The molecule has 1 heterocycles. The summed E-state index contributed by atoms with van der Waals surface area (Å²) in [4.78, 5) is 21.8. The van der Waals surface area contributed by atoms with Gasteiger partial charge in [0.2, 0.25) is 6.41 Å². The highest BCUT2D eigenvalue weighted by atomic mass is 16.5. The fourth-order valence-electron chi connectivity index (χ4n) is 7.23. The van der Waals surface area contributed by atoms with Gasteiger partial charge in [-0.15, -0.1) is 12.8 Å². The monoisotopic (exact) mass is 731 g/mol. The molecule has 0 fully saturated rings. The summed E-state index contributed by atoms with van der Waals surface area (Å²) in [5.74, 6) is 12.8. The summed E-state index contributed by atoms with van der Waals surface area (Å²) in [6.07, 6.45) is 15.2. The van der Waals surface area contributed by atoms with Crippen LogP contribution in [-0.4, -0.2) is 86.7 Å². The zero-order valence-electron chi connectivity index (χ0n) is 32.5. The van der Waals surface area contributed by atoms with Crippen LogP contribution in [0.3, 0.4) is 0 Å². The van der Waals surface area contributed by atoms with Gasteiger partial charge in [0.05, 0.1) is 26.2 Å². The SMILES string of the molecule is C#CCN(CC#C)C/C(N)=C/N(N)CCN/C=C(\N)CN(C=O)C1(c2ccccc2C)c2ccc(N(CC)CC)cc2Oc2cc(N(CC)CC)ccc21. The highest BCUT2D eigenvalue weighted by Crippen LogP contribution is 2.55. The van der Waals surface area contributed by atoms with Gasteiger partial charge in [-0.05, 0) is 57.9 Å². The van der Waals surface area contributed by atoms with Crippen LogP contribution in [0.1, 0.15) is 49.9 Å². The summed E-state index contributed by atoms with van der Waals surface area (Å²) < 4.78 is 6.82. The van der Waals surface area contributed by atoms with Crippen molar-refractivity contribution in [3.63, 3.8) is 0 Å². The molecule has 3 aromatic rings. The van der Waals surface area contributed by atoms with E-state index in [0.717, 1.165) is 66.2 Å². The Hall–Kier alpha value is -5.75. The Morgan fingerprint density at radius 1 is 0.815 bits per heavy atom. The van der Waals surface area contributed by atoms with Crippen LogP contribution in [0, 0.1) is 31.6 Å². The number of hydrazine groups is 1. The number of rotatable bonds is 20. The van der Waals surface area contributed by atoms with Crippen molar-refractivity contribution < 1.29 is 9.53 Å². The number of nitrogens with one attached hydrogen (secondary N) is 1. The van der Waals surface area contributed by atoms with Crippen LogP contribution in [0.25, 0.3) is 0 Å². The predicted molar refractivity (Wildman–Crippen MR) is 221 cm³/mol. The van der Waals surface area contributed by atoms with Crippen LogP contribution in [0.4, 0.5) is 11.4 Å². The number of benzene rings is 3. The number of anilines is 2. The fourth-order valence-corrected chi connectivity index (χ4v) is 7.23. The summed E-state index contributed by atoms with van der Waals surface area (Å²) in [5.41, 5.74) is 18.6. The van der Waals surface area contributed by atoms with Crippen LogP contribution in [0.5, 0.6) is 11.5 Å². The second-order valence-corrected chi connectivity index (χ2v) is 13.2. The third-order valence-corrected chi connectivity index (χ3v) is 9.80. The Labute approximate surface area is 322 Å². The summed E-state index contributed by atoms with van der Waals surface area (Å²) in [6.45, 7) is 16.2. The summed E-state index contributed by atoms with van der Waals surface area (Å²) >= 11 is 0. The maximum atomic E-state index is 13.6. The first-order valence-corrected chi connectivity index (χ1v) is 18.6. The molecule has 0 saturated carbocycles. The van der Waals surface area contributed by atoms with E-state index in [1.54, 1.807) is 17.3 Å². The standard InChI is InChI=1S/C43H57N9O2/c1-8-23-48(24-9-2)29-35(45)31-52(46)25-22-47-28-34(44)30-51(32-53)43(38-17-15-14-16-33(38)7)39-20-18-36(49(10-3)11-4)26-41(39)54-42-27-37(19-21-40(42)43)50(12-5)13-6/h1-2,14-21,26-28,31-32,47H,10-13,22-25,29-30,44-46H2,3-7H3/b34-28-,35-31-. The van der Waals surface area contributed by atoms with Crippen molar-refractivity contribution >= 4 is 17.8 Å². The molecule has 54 heavy (non-hydrogen) atoms. The Morgan fingerprint density at radius 3 is 1.87 bits per heavy atom. The van der Waals surface area contributed by atoms with Crippen molar-refractivity contribution in [2.45, 2.75) is 40.2 Å². The molecule has 3 aromatic carbocycles. The van der Waals surface area contributed by atoms with Crippen molar-refractivity contribution in [3.05, 3.63) is 107 Å². The van der Waals surface area contributed by atoms with Gasteiger partial charge in [-0.25, -0.2) is 5.84 Å². The minimum atomic E-state index is -1.07. The van der Waals surface area contributed by atoms with Gasteiger partial charge >= 0.3 is 0 Å². The lowest BCUT2D eigenvalue weighted by molar-refractivity contribution is -0.121. The van der Waals surface area contributed by atoms with Crippen LogP contribution >= 0.6 is 0 Å². The van der Waals surface area contributed by atoms with Crippen molar-refractivity contribution in [1.29, 1.82) is 0 Å². The first-order chi connectivity index (χ1) is 26.1. The number of nitrogens with zero attached hydrogens (tertiary/aromatic N) is 5. The van der Waals surface area contributed by atoms with Gasteiger partial charge < -0.3 is 41.2 Å². The third kappa shape index (κ3) is 9.06. The van der Waals surface area contributed by atoms with E-state index in [0.29, 0.717) is 55.6 Å². The second-order valence-electron chi connectivity index (χ2n) is 13.2. The Balaban J connectivity index is 1.73. The van der Waals surface area contributed by atoms with Gasteiger partial charge in [0, 0.05) is 97.7 Å². The number of nitrogens with two attached hydrogens (primary N) is 3. The predicted octanol–water partition coefficient (Wildman–Crippen LogP) is 4.48. The first kappa shape index (κ1) is 41.0. The number of hydrogen-bond acceptors (Lipinski definition) is 10. The molecule has 0 atom stereocenters.